The van der Waals surface area contributed by atoms with E-state index in [0.717, 1.165) is 45.4 Å². The average molecular weight is 305 g/mol. The van der Waals surface area contributed by atoms with Crippen LogP contribution >= 0.6 is 0 Å². The maximum Gasteiger partial charge on any atom is 0.160 e. The number of fused-ring (bicyclic) bond motifs is 4. The summed E-state index contributed by atoms with van der Waals surface area (Å²) in [5, 5.41) is 1.10. The fraction of sp³-hybridized carbons (Fsp3) is 0.263. The number of ether oxygens (including phenoxy) is 1. The number of benzene rings is 2. The van der Waals surface area contributed by atoms with Crippen LogP contribution in [0.3, 0.4) is 0 Å². The van der Waals surface area contributed by atoms with Gasteiger partial charge in [-0.1, -0.05) is 26.0 Å². The highest BCUT2D eigenvalue weighted by Crippen LogP contribution is 2.31. The van der Waals surface area contributed by atoms with Crippen LogP contribution in [0.4, 0.5) is 0 Å². The minimum atomic E-state index is 0.532. The molecule has 0 saturated heterocycles. The van der Waals surface area contributed by atoms with Gasteiger partial charge >= 0.3 is 0 Å². The van der Waals surface area contributed by atoms with Crippen LogP contribution < -0.4 is 4.74 Å². The molecule has 0 aliphatic carbocycles. The maximum absolute atomic E-state index is 5.39. The van der Waals surface area contributed by atoms with E-state index in [-0.39, 0.29) is 0 Å². The van der Waals surface area contributed by atoms with Crippen molar-refractivity contribution < 1.29 is 4.74 Å². The normalized spacial score (nSPS) is 11.8. The topological polar surface area (TPSA) is 39.9 Å². The first-order valence-electron chi connectivity index (χ1n) is 7.90. The summed E-state index contributed by atoms with van der Waals surface area (Å²) in [6, 6.07) is 14.2. The van der Waals surface area contributed by atoms with E-state index in [1.807, 2.05) is 30.3 Å². The van der Waals surface area contributed by atoms with E-state index in [2.05, 4.69) is 30.5 Å². The average Bonchev–Trinajstić information content (AvgIpc) is 2.85. The van der Waals surface area contributed by atoms with Crippen LogP contribution in [0, 0.1) is 5.92 Å². The van der Waals surface area contributed by atoms with Crippen molar-refractivity contribution in [2.45, 2.75) is 20.4 Å². The van der Waals surface area contributed by atoms with Gasteiger partial charge < -0.3 is 9.30 Å². The highest BCUT2D eigenvalue weighted by Gasteiger charge is 2.15. The van der Waals surface area contributed by atoms with Crippen molar-refractivity contribution in [2.75, 3.05) is 7.11 Å². The minimum absolute atomic E-state index is 0.532. The molecule has 0 aliphatic rings. The van der Waals surface area contributed by atoms with Gasteiger partial charge in [-0.3, -0.25) is 0 Å². The molecular weight excluding hydrogens is 286 g/mol. The first-order chi connectivity index (χ1) is 11.2. The Labute approximate surface area is 134 Å². The number of rotatable bonds is 3. The second kappa shape index (κ2) is 5.23. The van der Waals surface area contributed by atoms with Crippen molar-refractivity contribution in [3.05, 3.63) is 42.5 Å². The molecule has 0 amide bonds. The Bertz CT molecular complexity index is 1020. The molecule has 0 fully saturated rings. The van der Waals surface area contributed by atoms with Gasteiger partial charge in [-0.25, -0.2) is 9.97 Å². The predicted molar refractivity (Wildman–Crippen MR) is 93.9 cm³/mol. The Hall–Kier alpha value is -2.62. The van der Waals surface area contributed by atoms with Crippen molar-refractivity contribution in [1.82, 2.24) is 14.5 Å². The number of para-hydroxylation sites is 2. The third-order valence-corrected chi connectivity index (χ3v) is 4.11. The van der Waals surface area contributed by atoms with Crippen molar-refractivity contribution in [2.24, 2.45) is 5.92 Å². The number of methoxy groups -OCH3 is 1. The van der Waals surface area contributed by atoms with Crippen molar-refractivity contribution in [1.29, 1.82) is 0 Å². The molecule has 0 aliphatic heterocycles. The molecule has 0 saturated carbocycles. The molecule has 23 heavy (non-hydrogen) atoms. The summed E-state index contributed by atoms with van der Waals surface area (Å²) in [5.41, 5.74) is 4.90. The summed E-state index contributed by atoms with van der Waals surface area (Å²) in [7, 11) is 1.69. The molecule has 0 spiro atoms. The molecule has 2 aromatic heterocycles. The Morgan fingerprint density at radius 1 is 1.04 bits per heavy atom. The molecule has 4 rings (SSSR count). The quantitative estimate of drug-likeness (QED) is 0.563. The molecule has 4 heteroatoms. The molecule has 4 nitrogen and oxygen atoms in total. The van der Waals surface area contributed by atoms with Crippen molar-refractivity contribution in [3.8, 4) is 5.75 Å². The number of nitrogens with zero attached hydrogens (tertiary/aromatic N) is 3. The van der Waals surface area contributed by atoms with E-state index >= 15 is 0 Å². The molecule has 2 heterocycles. The Morgan fingerprint density at radius 3 is 2.48 bits per heavy atom. The lowest BCUT2D eigenvalue weighted by Crippen LogP contribution is -2.05. The van der Waals surface area contributed by atoms with Crippen molar-refractivity contribution >= 4 is 33.1 Å². The number of hydrogen-bond donors (Lipinski definition) is 0. The summed E-state index contributed by atoms with van der Waals surface area (Å²) in [5.74, 6) is 1.38. The fourth-order valence-electron chi connectivity index (χ4n) is 3.09. The van der Waals surface area contributed by atoms with Crippen LogP contribution in [-0.2, 0) is 6.54 Å². The maximum atomic E-state index is 5.39. The van der Waals surface area contributed by atoms with Gasteiger partial charge in [0.1, 0.15) is 11.3 Å². The van der Waals surface area contributed by atoms with Gasteiger partial charge in [-0.05, 0) is 36.2 Å². The highest BCUT2D eigenvalue weighted by atomic mass is 16.5. The molecule has 4 aromatic rings. The van der Waals surface area contributed by atoms with Gasteiger partial charge in [0.15, 0.2) is 5.65 Å². The Morgan fingerprint density at radius 2 is 1.78 bits per heavy atom. The lowest BCUT2D eigenvalue weighted by Gasteiger charge is -2.09. The standard InChI is InChI=1S/C19H19N3O/c1-12(2)11-22-17-9-8-13(23-3)10-14(17)18-19(22)21-16-7-5-4-6-15(16)20-18/h4-10,12H,11H2,1-3H3. The smallest absolute Gasteiger partial charge is 0.160 e. The predicted octanol–water partition coefficient (Wildman–Crippen LogP) is 4.40. The van der Waals surface area contributed by atoms with Crippen LogP contribution in [0.1, 0.15) is 13.8 Å². The SMILES string of the molecule is COc1ccc2c(c1)c1nc3ccccc3nc1n2CC(C)C. The monoisotopic (exact) mass is 305 g/mol. The van der Waals surface area contributed by atoms with Crippen LogP contribution in [0.5, 0.6) is 5.75 Å². The molecule has 0 atom stereocenters. The van der Waals surface area contributed by atoms with Gasteiger partial charge in [-0.2, -0.15) is 0 Å². The van der Waals surface area contributed by atoms with Gasteiger partial charge in [0, 0.05) is 11.9 Å². The zero-order valence-corrected chi connectivity index (χ0v) is 13.6. The van der Waals surface area contributed by atoms with Gasteiger partial charge in [0.25, 0.3) is 0 Å². The lowest BCUT2D eigenvalue weighted by molar-refractivity contribution is 0.415. The van der Waals surface area contributed by atoms with Crippen molar-refractivity contribution in [3.63, 3.8) is 0 Å². The first kappa shape index (κ1) is 14.0. The zero-order valence-electron chi connectivity index (χ0n) is 13.6. The molecule has 0 unspecified atom stereocenters. The van der Waals surface area contributed by atoms with E-state index in [9.17, 15) is 0 Å². The number of hydrogen-bond acceptors (Lipinski definition) is 3. The van der Waals surface area contributed by atoms with Crippen LogP contribution in [0.25, 0.3) is 33.1 Å². The zero-order chi connectivity index (χ0) is 16.0. The molecule has 0 N–H and O–H groups in total. The Kier molecular flexibility index (Phi) is 3.18. The number of aromatic nitrogens is 3. The first-order valence-corrected chi connectivity index (χ1v) is 7.90. The summed E-state index contributed by atoms with van der Waals surface area (Å²) in [4.78, 5) is 9.75. The minimum Gasteiger partial charge on any atom is -0.497 e. The summed E-state index contributed by atoms with van der Waals surface area (Å²) >= 11 is 0. The third kappa shape index (κ3) is 2.22. The molecule has 116 valence electrons. The summed E-state index contributed by atoms with van der Waals surface area (Å²) in [6.45, 7) is 5.35. The molecule has 0 radical (unpaired) electrons. The largest absolute Gasteiger partial charge is 0.497 e. The highest BCUT2D eigenvalue weighted by molar-refractivity contribution is 6.06. The van der Waals surface area contributed by atoms with E-state index < -0.39 is 0 Å². The lowest BCUT2D eigenvalue weighted by atomic mass is 10.2. The van der Waals surface area contributed by atoms with E-state index in [1.165, 1.54) is 0 Å². The third-order valence-electron chi connectivity index (χ3n) is 4.11. The van der Waals surface area contributed by atoms with Crippen LogP contribution in [0.15, 0.2) is 42.5 Å². The second-order valence-corrected chi connectivity index (χ2v) is 6.27. The van der Waals surface area contributed by atoms with Crippen LogP contribution in [-0.4, -0.2) is 21.6 Å². The fourth-order valence-corrected chi connectivity index (χ4v) is 3.09. The van der Waals surface area contributed by atoms with E-state index in [4.69, 9.17) is 14.7 Å². The Balaban J connectivity index is 2.15. The van der Waals surface area contributed by atoms with Crippen LogP contribution in [0.2, 0.25) is 0 Å². The molecule has 0 bridgehead atoms. The van der Waals surface area contributed by atoms with Gasteiger partial charge in [0.2, 0.25) is 0 Å². The van der Waals surface area contributed by atoms with E-state index in [1.54, 1.807) is 7.11 Å². The van der Waals surface area contributed by atoms with Gasteiger partial charge in [0.05, 0.1) is 23.7 Å². The summed E-state index contributed by atoms with van der Waals surface area (Å²) in [6.07, 6.45) is 0. The summed E-state index contributed by atoms with van der Waals surface area (Å²) < 4.78 is 7.66. The molecule has 2 aromatic carbocycles. The molecular formula is C19H19N3O. The van der Waals surface area contributed by atoms with Gasteiger partial charge in [-0.15, -0.1) is 0 Å². The van der Waals surface area contributed by atoms with E-state index in [0.29, 0.717) is 5.92 Å². The second-order valence-electron chi connectivity index (χ2n) is 6.27.